The van der Waals surface area contributed by atoms with Crippen molar-refractivity contribution < 1.29 is 4.57 Å². The minimum Gasteiger partial charge on any atom is -0.309 e. The molecular formula is C46H33N2OP. The summed E-state index contributed by atoms with van der Waals surface area (Å²) in [6, 6.07) is 55.3. The molecule has 2 heterocycles. The molecule has 0 saturated carbocycles. The van der Waals surface area contributed by atoms with Crippen LogP contribution in [0.1, 0.15) is 11.1 Å². The lowest BCUT2D eigenvalue weighted by atomic mass is 9.86. The first-order valence-electron chi connectivity index (χ1n) is 17.0. The molecular weight excluding hydrogens is 627 g/mol. The van der Waals surface area contributed by atoms with Crippen molar-refractivity contribution in [3.63, 3.8) is 0 Å². The van der Waals surface area contributed by atoms with Crippen molar-refractivity contribution in [2.75, 3.05) is 0 Å². The van der Waals surface area contributed by atoms with Gasteiger partial charge in [-0.3, -0.25) is 0 Å². The first-order chi connectivity index (χ1) is 24.5. The number of rotatable bonds is 5. The second kappa shape index (κ2) is 11.9. The van der Waals surface area contributed by atoms with Gasteiger partial charge in [-0.05, 0) is 47.9 Å². The molecule has 0 amide bonds. The molecule has 50 heavy (non-hydrogen) atoms. The van der Waals surface area contributed by atoms with Crippen LogP contribution in [0.25, 0.3) is 65.9 Å². The number of pyridine rings is 2. The molecule has 2 aromatic heterocycles. The Bertz CT molecular complexity index is 2740. The summed E-state index contributed by atoms with van der Waals surface area (Å²) in [5.74, 6) is 0. The Hall–Kier alpha value is -5.89. The van der Waals surface area contributed by atoms with E-state index in [-0.39, 0.29) is 0 Å². The Morgan fingerprint density at radius 3 is 1.20 bits per heavy atom. The van der Waals surface area contributed by atoms with Crippen LogP contribution in [0.3, 0.4) is 0 Å². The van der Waals surface area contributed by atoms with E-state index in [0.29, 0.717) is 0 Å². The van der Waals surface area contributed by atoms with E-state index in [0.717, 1.165) is 65.6 Å². The van der Waals surface area contributed by atoms with Crippen LogP contribution in [0.2, 0.25) is 0 Å². The molecule has 0 N–H and O–H groups in total. The fraction of sp³-hybridized carbons (Fsp3) is 0.0435. The van der Waals surface area contributed by atoms with Crippen LogP contribution in [0.4, 0.5) is 0 Å². The van der Waals surface area contributed by atoms with Crippen LogP contribution in [-0.4, -0.2) is 9.97 Å². The van der Waals surface area contributed by atoms with Crippen LogP contribution >= 0.6 is 7.14 Å². The predicted octanol–water partition coefficient (Wildman–Crippen LogP) is 10.7. The van der Waals surface area contributed by atoms with Gasteiger partial charge < -0.3 is 4.57 Å². The molecule has 4 heteroatoms. The molecule has 9 aromatic rings. The van der Waals surface area contributed by atoms with Crippen molar-refractivity contribution in [2.24, 2.45) is 0 Å². The van der Waals surface area contributed by atoms with Crippen molar-refractivity contribution in [2.45, 2.75) is 13.8 Å². The molecule has 7 aromatic carbocycles. The predicted molar refractivity (Wildman–Crippen MR) is 212 cm³/mol. The number of benzene rings is 7. The molecule has 9 rings (SSSR count). The Labute approximate surface area is 291 Å². The Balaban J connectivity index is 1.36. The number of aromatic nitrogens is 2. The molecule has 238 valence electrons. The number of fused-ring (bicyclic) bond motifs is 6. The molecule has 0 saturated heterocycles. The van der Waals surface area contributed by atoms with E-state index in [2.05, 4.69) is 105 Å². The average molecular weight is 661 g/mol. The summed E-state index contributed by atoms with van der Waals surface area (Å²) in [6.07, 6.45) is 0. The summed E-state index contributed by atoms with van der Waals surface area (Å²) in [4.78, 5) is 10.7. The van der Waals surface area contributed by atoms with E-state index in [1.54, 1.807) is 0 Å². The van der Waals surface area contributed by atoms with Crippen LogP contribution < -0.4 is 15.9 Å². The highest BCUT2D eigenvalue weighted by atomic mass is 31.2. The standard InChI is InChI=1S/C46H33N2OP/c1-30-42-38-23-13-15-25-40(38)48-46(33-26-28-36(29-27-33)50(49,34-18-8-4-9-19-34)35-20-10-5-11-21-35)44(42)31(2)41-37-22-12-14-24-39(37)47-45(43(30)41)32-16-6-3-7-17-32/h3-29H,1-2H3. The lowest BCUT2D eigenvalue weighted by Gasteiger charge is -2.22. The molecule has 3 nitrogen and oxygen atoms in total. The van der Waals surface area contributed by atoms with Gasteiger partial charge in [0.15, 0.2) is 7.14 Å². The number of hydrogen-bond donors (Lipinski definition) is 0. The van der Waals surface area contributed by atoms with E-state index in [1.165, 1.54) is 27.3 Å². The summed E-state index contributed by atoms with van der Waals surface area (Å²) >= 11 is 0. The highest BCUT2D eigenvalue weighted by Crippen LogP contribution is 2.46. The molecule has 0 unspecified atom stereocenters. The fourth-order valence-corrected chi connectivity index (χ4v) is 10.4. The normalized spacial score (nSPS) is 11.9. The Morgan fingerprint density at radius 1 is 0.380 bits per heavy atom. The van der Waals surface area contributed by atoms with Gasteiger partial charge in [-0.2, -0.15) is 0 Å². The minimum atomic E-state index is -3.11. The first-order valence-corrected chi connectivity index (χ1v) is 18.7. The highest BCUT2D eigenvalue weighted by Gasteiger charge is 2.30. The van der Waals surface area contributed by atoms with Gasteiger partial charge in [0.2, 0.25) is 0 Å². The van der Waals surface area contributed by atoms with Crippen LogP contribution in [-0.2, 0) is 4.57 Å². The molecule has 0 radical (unpaired) electrons. The summed E-state index contributed by atoms with van der Waals surface area (Å²) < 4.78 is 15.2. The van der Waals surface area contributed by atoms with Crippen molar-refractivity contribution in [3.05, 3.63) is 175 Å². The number of nitrogens with zero attached hydrogens (tertiary/aromatic N) is 2. The van der Waals surface area contributed by atoms with Crippen LogP contribution in [0.15, 0.2) is 164 Å². The molecule has 0 atom stereocenters. The zero-order valence-electron chi connectivity index (χ0n) is 27.8. The highest BCUT2D eigenvalue weighted by molar-refractivity contribution is 7.85. The Morgan fingerprint density at radius 2 is 0.740 bits per heavy atom. The molecule has 0 spiro atoms. The van der Waals surface area contributed by atoms with E-state index in [9.17, 15) is 0 Å². The third-order valence-corrected chi connectivity index (χ3v) is 13.2. The van der Waals surface area contributed by atoms with E-state index in [4.69, 9.17) is 9.97 Å². The van der Waals surface area contributed by atoms with Crippen LogP contribution in [0, 0.1) is 13.8 Å². The second-order valence-electron chi connectivity index (χ2n) is 12.9. The third-order valence-electron chi connectivity index (χ3n) is 10.1. The topological polar surface area (TPSA) is 42.9 Å². The van der Waals surface area contributed by atoms with Crippen LogP contribution in [0.5, 0.6) is 0 Å². The van der Waals surface area contributed by atoms with Gasteiger partial charge in [-0.15, -0.1) is 0 Å². The van der Waals surface area contributed by atoms with E-state index < -0.39 is 7.14 Å². The lowest BCUT2D eigenvalue weighted by Crippen LogP contribution is -2.24. The average Bonchev–Trinajstić information content (AvgIpc) is 3.19. The first kappa shape index (κ1) is 30.2. The number of aryl methyl sites for hydroxylation is 2. The van der Waals surface area contributed by atoms with Crippen molar-refractivity contribution in [3.8, 4) is 22.5 Å². The van der Waals surface area contributed by atoms with Crippen molar-refractivity contribution in [1.29, 1.82) is 0 Å². The van der Waals surface area contributed by atoms with Crippen molar-refractivity contribution in [1.82, 2.24) is 9.97 Å². The quantitative estimate of drug-likeness (QED) is 0.105. The maximum absolute atomic E-state index is 15.2. The van der Waals surface area contributed by atoms with Gasteiger partial charge in [0, 0.05) is 48.6 Å². The van der Waals surface area contributed by atoms with Gasteiger partial charge >= 0.3 is 0 Å². The van der Waals surface area contributed by atoms with Gasteiger partial charge in [-0.1, -0.05) is 152 Å². The zero-order chi connectivity index (χ0) is 33.8. The van der Waals surface area contributed by atoms with E-state index in [1.807, 2.05) is 72.8 Å². The maximum Gasteiger partial charge on any atom is 0.171 e. The number of hydrogen-bond acceptors (Lipinski definition) is 3. The fourth-order valence-electron chi connectivity index (χ4n) is 7.75. The lowest BCUT2D eigenvalue weighted by molar-refractivity contribution is 0.592. The SMILES string of the molecule is Cc1c2c(-c3ccc(P(=O)(c4ccccc4)c4ccccc4)cc3)nc3ccccc3c2c(C)c2c(-c3ccccc3)nc3ccccc3c12. The van der Waals surface area contributed by atoms with Gasteiger partial charge in [-0.25, -0.2) is 9.97 Å². The monoisotopic (exact) mass is 660 g/mol. The summed E-state index contributed by atoms with van der Waals surface area (Å²) in [7, 11) is -3.11. The zero-order valence-corrected chi connectivity index (χ0v) is 28.7. The smallest absolute Gasteiger partial charge is 0.171 e. The Kier molecular flexibility index (Phi) is 7.19. The maximum atomic E-state index is 15.2. The van der Waals surface area contributed by atoms with Crippen molar-refractivity contribution >= 4 is 66.4 Å². The van der Waals surface area contributed by atoms with E-state index >= 15 is 4.57 Å². The molecule has 0 aliphatic heterocycles. The molecule has 0 bridgehead atoms. The molecule has 0 fully saturated rings. The number of para-hydroxylation sites is 2. The summed E-state index contributed by atoms with van der Waals surface area (Å²) in [5.41, 5.74) is 8.27. The third kappa shape index (κ3) is 4.62. The second-order valence-corrected chi connectivity index (χ2v) is 15.7. The molecule has 0 aliphatic carbocycles. The largest absolute Gasteiger partial charge is 0.309 e. The molecule has 0 aliphatic rings. The van der Waals surface area contributed by atoms with Gasteiger partial charge in [0.05, 0.1) is 22.4 Å². The summed E-state index contributed by atoms with van der Waals surface area (Å²) in [6.45, 7) is 4.47. The summed E-state index contributed by atoms with van der Waals surface area (Å²) in [5, 5.41) is 9.38. The minimum absolute atomic E-state index is 0.798. The van der Waals surface area contributed by atoms with Gasteiger partial charge in [0.1, 0.15) is 0 Å². The van der Waals surface area contributed by atoms with Gasteiger partial charge in [0.25, 0.3) is 0 Å².